The fraction of sp³-hybridized carbons (Fsp3) is 1.00. The SMILES string of the molecule is CCOC1CCN(C2(CN)CCCC(OC)C2)CC1. The highest BCUT2D eigenvalue weighted by molar-refractivity contribution is 4.98. The van der Waals surface area contributed by atoms with Crippen molar-refractivity contribution >= 4 is 0 Å². The van der Waals surface area contributed by atoms with Crippen LogP contribution in [0.2, 0.25) is 0 Å². The average Bonchev–Trinajstić information content (AvgIpc) is 2.48. The second kappa shape index (κ2) is 7.02. The predicted molar refractivity (Wildman–Crippen MR) is 77.3 cm³/mol. The van der Waals surface area contributed by atoms with E-state index < -0.39 is 0 Å². The standard InChI is InChI=1S/C15H30N2O2/c1-3-19-13-6-9-17(10-7-13)15(12-16)8-4-5-14(11-15)18-2/h13-14H,3-12,16H2,1-2H3. The molecule has 0 amide bonds. The summed E-state index contributed by atoms with van der Waals surface area (Å²) in [5.41, 5.74) is 6.33. The van der Waals surface area contributed by atoms with Crippen LogP contribution >= 0.6 is 0 Å². The van der Waals surface area contributed by atoms with E-state index in [4.69, 9.17) is 15.2 Å². The van der Waals surface area contributed by atoms with Crippen LogP contribution in [0, 0.1) is 0 Å². The summed E-state index contributed by atoms with van der Waals surface area (Å²) in [4.78, 5) is 2.62. The Hall–Kier alpha value is -0.160. The number of hydrogen-bond acceptors (Lipinski definition) is 4. The molecular weight excluding hydrogens is 240 g/mol. The minimum atomic E-state index is 0.177. The molecule has 0 radical (unpaired) electrons. The van der Waals surface area contributed by atoms with E-state index in [-0.39, 0.29) is 5.54 Å². The zero-order chi connectivity index (χ0) is 13.7. The lowest BCUT2D eigenvalue weighted by Crippen LogP contribution is -2.59. The van der Waals surface area contributed by atoms with E-state index in [0.717, 1.165) is 45.5 Å². The minimum absolute atomic E-state index is 0.177. The molecule has 2 unspecified atom stereocenters. The zero-order valence-electron chi connectivity index (χ0n) is 12.6. The summed E-state index contributed by atoms with van der Waals surface area (Å²) in [7, 11) is 1.83. The number of nitrogens with two attached hydrogens (primary N) is 1. The van der Waals surface area contributed by atoms with Crippen LogP contribution in [0.15, 0.2) is 0 Å². The Labute approximate surface area is 117 Å². The van der Waals surface area contributed by atoms with Crippen LogP contribution in [0.5, 0.6) is 0 Å². The van der Waals surface area contributed by atoms with Gasteiger partial charge in [-0.2, -0.15) is 0 Å². The van der Waals surface area contributed by atoms with Crippen molar-refractivity contribution in [3.8, 4) is 0 Å². The number of ether oxygens (including phenoxy) is 2. The first-order valence-electron chi connectivity index (χ1n) is 7.83. The third-order valence-electron chi connectivity index (χ3n) is 5.00. The molecule has 112 valence electrons. The molecule has 1 aliphatic carbocycles. The second-order valence-electron chi connectivity index (χ2n) is 6.02. The van der Waals surface area contributed by atoms with Gasteiger partial charge in [0.2, 0.25) is 0 Å². The van der Waals surface area contributed by atoms with Gasteiger partial charge < -0.3 is 15.2 Å². The van der Waals surface area contributed by atoms with Crippen molar-refractivity contribution in [3.05, 3.63) is 0 Å². The Kier molecular flexibility index (Phi) is 5.63. The quantitative estimate of drug-likeness (QED) is 0.827. The van der Waals surface area contributed by atoms with Gasteiger partial charge in [-0.3, -0.25) is 4.90 Å². The van der Waals surface area contributed by atoms with Gasteiger partial charge in [0.25, 0.3) is 0 Å². The maximum atomic E-state index is 6.15. The van der Waals surface area contributed by atoms with Gasteiger partial charge in [-0.15, -0.1) is 0 Å². The first-order valence-corrected chi connectivity index (χ1v) is 7.83. The Morgan fingerprint density at radius 3 is 2.53 bits per heavy atom. The van der Waals surface area contributed by atoms with Gasteiger partial charge in [-0.1, -0.05) is 0 Å². The van der Waals surface area contributed by atoms with E-state index in [0.29, 0.717) is 12.2 Å². The summed E-state index contributed by atoms with van der Waals surface area (Å²) in [6.45, 7) is 5.92. The third-order valence-corrected chi connectivity index (χ3v) is 5.00. The molecule has 1 aliphatic heterocycles. The Balaban J connectivity index is 1.94. The van der Waals surface area contributed by atoms with Crippen molar-refractivity contribution in [2.24, 2.45) is 5.73 Å². The molecule has 2 rings (SSSR count). The molecule has 0 spiro atoms. The van der Waals surface area contributed by atoms with Crippen molar-refractivity contribution in [2.45, 2.75) is 63.2 Å². The Bertz CT molecular complexity index is 267. The van der Waals surface area contributed by atoms with E-state index in [1.54, 1.807) is 0 Å². The summed E-state index contributed by atoms with van der Waals surface area (Å²) in [5.74, 6) is 0. The smallest absolute Gasteiger partial charge is 0.0599 e. The maximum Gasteiger partial charge on any atom is 0.0599 e. The number of piperidine rings is 1. The van der Waals surface area contributed by atoms with Gasteiger partial charge in [0.05, 0.1) is 12.2 Å². The van der Waals surface area contributed by atoms with Crippen molar-refractivity contribution in [1.82, 2.24) is 4.90 Å². The van der Waals surface area contributed by atoms with Gasteiger partial charge in [-0.25, -0.2) is 0 Å². The molecule has 2 atom stereocenters. The summed E-state index contributed by atoms with van der Waals surface area (Å²) in [6, 6.07) is 0. The highest BCUT2D eigenvalue weighted by atomic mass is 16.5. The molecule has 0 bridgehead atoms. The van der Waals surface area contributed by atoms with Crippen LogP contribution in [-0.2, 0) is 9.47 Å². The summed E-state index contributed by atoms with van der Waals surface area (Å²) in [5, 5.41) is 0. The lowest BCUT2D eigenvalue weighted by molar-refractivity contribution is -0.0563. The van der Waals surface area contributed by atoms with E-state index >= 15 is 0 Å². The molecular formula is C15H30N2O2. The lowest BCUT2D eigenvalue weighted by Gasteiger charge is -2.50. The minimum Gasteiger partial charge on any atom is -0.381 e. The number of methoxy groups -OCH3 is 1. The van der Waals surface area contributed by atoms with Crippen LogP contribution in [0.4, 0.5) is 0 Å². The fourth-order valence-electron chi connectivity index (χ4n) is 3.82. The van der Waals surface area contributed by atoms with Gasteiger partial charge in [0.15, 0.2) is 0 Å². The predicted octanol–water partition coefficient (Wildman–Crippen LogP) is 1.77. The molecule has 2 fully saturated rings. The molecule has 4 heteroatoms. The van der Waals surface area contributed by atoms with E-state index in [2.05, 4.69) is 11.8 Å². The largest absolute Gasteiger partial charge is 0.381 e. The summed E-state index contributed by atoms with van der Waals surface area (Å²) < 4.78 is 11.3. The van der Waals surface area contributed by atoms with Gasteiger partial charge in [0, 0.05) is 38.9 Å². The molecule has 0 aromatic heterocycles. The maximum absolute atomic E-state index is 6.15. The monoisotopic (exact) mass is 270 g/mol. The Morgan fingerprint density at radius 1 is 1.21 bits per heavy atom. The van der Waals surface area contributed by atoms with Crippen LogP contribution in [0.3, 0.4) is 0 Å². The zero-order valence-corrected chi connectivity index (χ0v) is 12.6. The second-order valence-corrected chi connectivity index (χ2v) is 6.02. The number of nitrogens with zero attached hydrogens (tertiary/aromatic N) is 1. The van der Waals surface area contributed by atoms with Crippen LogP contribution in [-0.4, -0.2) is 56.0 Å². The van der Waals surface area contributed by atoms with Crippen molar-refractivity contribution < 1.29 is 9.47 Å². The molecule has 2 N–H and O–H groups in total. The molecule has 0 aromatic carbocycles. The van der Waals surface area contributed by atoms with Crippen LogP contribution in [0.1, 0.15) is 45.4 Å². The first-order chi connectivity index (χ1) is 9.24. The number of hydrogen-bond donors (Lipinski definition) is 1. The summed E-state index contributed by atoms with van der Waals surface area (Å²) >= 11 is 0. The van der Waals surface area contributed by atoms with Gasteiger partial charge in [0.1, 0.15) is 0 Å². The normalized spacial score (nSPS) is 34.6. The van der Waals surface area contributed by atoms with E-state index in [9.17, 15) is 0 Å². The average molecular weight is 270 g/mol. The molecule has 4 nitrogen and oxygen atoms in total. The van der Waals surface area contributed by atoms with E-state index in [1.165, 1.54) is 19.3 Å². The van der Waals surface area contributed by atoms with Crippen molar-refractivity contribution in [3.63, 3.8) is 0 Å². The van der Waals surface area contributed by atoms with Crippen molar-refractivity contribution in [2.75, 3.05) is 33.4 Å². The molecule has 0 aromatic rings. The third kappa shape index (κ3) is 3.48. The summed E-state index contributed by atoms with van der Waals surface area (Å²) in [6.07, 6.45) is 7.89. The van der Waals surface area contributed by atoms with Crippen LogP contribution < -0.4 is 5.73 Å². The molecule has 2 aliphatic rings. The molecule has 1 heterocycles. The highest BCUT2D eigenvalue weighted by Gasteiger charge is 2.41. The first kappa shape index (κ1) is 15.2. The highest BCUT2D eigenvalue weighted by Crippen LogP contribution is 2.36. The van der Waals surface area contributed by atoms with E-state index in [1.807, 2.05) is 7.11 Å². The molecule has 1 saturated carbocycles. The number of rotatable bonds is 5. The lowest BCUT2D eigenvalue weighted by atomic mass is 9.77. The van der Waals surface area contributed by atoms with Crippen molar-refractivity contribution in [1.29, 1.82) is 0 Å². The van der Waals surface area contributed by atoms with Gasteiger partial charge in [-0.05, 0) is 45.4 Å². The number of likely N-dealkylation sites (tertiary alicyclic amines) is 1. The molecule has 1 saturated heterocycles. The van der Waals surface area contributed by atoms with Gasteiger partial charge >= 0.3 is 0 Å². The topological polar surface area (TPSA) is 47.7 Å². The van der Waals surface area contributed by atoms with Crippen LogP contribution in [0.25, 0.3) is 0 Å². The fourth-order valence-corrected chi connectivity index (χ4v) is 3.82. The molecule has 19 heavy (non-hydrogen) atoms. The Morgan fingerprint density at radius 2 is 1.95 bits per heavy atom.